The van der Waals surface area contributed by atoms with Crippen LogP contribution < -0.4 is 10.5 Å². The van der Waals surface area contributed by atoms with Crippen LogP contribution in [0.5, 0.6) is 5.88 Å². The number of halogens is 5. The van der Waals surface area contributed by atoms with Gasteiger partial charge in [-0.3, -0.25) is 0 Å². The van der Waals surface area contributed by atoms with Crippen LogP contribution in [0, 0.1) is 5.82 Å². The van der Waals surface area contributed by atoms with E-state index in [2.05, 4.69) is 25.7 Å². The smallest absolute Gasteiger partial charge is 0.387 e. The number of nitrogens with two attached hydrogens (primary N) is 1. The highest BCUT2D eigenvalue weighted by Gasteiger charge is 2.33. The highest BCUT2D eigenvalue weighted by molar-refractivity contribution is 9.10. The van der Waals surface area contributed by atoms with Crippen molar-refractivity contribution in [2.45, 2.75) is 12.9 Å². The Bertz CT molecular complexity index is 369. The summed E-state index contributed by atoms with van der Waals surface area (Å²) in [4.78, 5) is 3.29. The standard InChI is InChI=1S/C7H5BrF4N2O/c8-3-1-4(9)5(2-13)14-6(3)15-7(10,11)12/h1H,2,13H2. The molecule has 0 aliphatic carbocycles. The average molecular weight is 289 g/mol. The summed E-state index contributed by atoms with van der Waals surface area (Å²) in [6.07, 6.45) is -4.88. The van der Waals surface area contributed by atoms with Gasteiger partial charge >= 0.3 is 6.36 Å². The Morgan fingerprint density at radius 2 is 2.07 bits per heavy atom. The van der Waals surface area contributed by atoms with E-state index in [1.54, 1.807) is 0 Å². The summed E-state index contributed by atoms with van der Waals surface area (Å²) in [5.74, 6) is -1.55. The van der Waals surface area contributed by atoms with Crippen LogP contribution in [0.2, 0.25) is 0 Å². The van der Waals surface area contributed by atoms with Crippen LogP contribution in [-0.4, -0.2) is 11.3 Å². The molecule has 0 radical (unpaired) electrons. The van der Waals surface area contributed by atoms with Gasteiger partial charge in [0.15, 0.2) is 0 Å². The molecule has 0 aromatic carbocycles. The number of hydrogen-bond acceptors (Lipinski definition) is 3. The van der Waals surface area contributed by atoms with Gasteiger partial charge in [0.1, 0.15) is 5.82 Å². The summed E-state index contributed by atoms with van der Waals surface area (Å²) >= 11 is 2.69. The lowest BCUT2D eigenvalue weighted by atomic mass is 10.3. The third kappa shape index (κ3) is 3.31. The van der Waals surface area contributed by atoms with Gasteiger partial charge in [-0.15, -0.1) is 13.2 Å². The molecule has 84 valence electrons. The van der Waals surface area contributed by atoms with Crippen molar-refractivity contribution in [1.29, 1.82) is 0 Å². The van der Waals surface area contributed by atoms with Crippen molar-refractivity contribution in [3.05, 3.63) is 22.1 Å². The molecule has 1 rings (SSSR count). The van der Waals surface area contributed by atoms with Crippen LogP contribution in [0.1, 0.15) is 5.69 Å². The monoisotopic (exact) mass is 288 g/mol. The summed E-state index contributed by atoms with van der Waals surface area (Å²) in [6.45, 7) is -0.312. The second-order valence-electron chi connectivity index (χ2n) is 2.46. The number of ether oxygens (including phenoxy) is 1. The Kier molecular flexibility index (Phi) is 3.50. The zero-order chi connectivity index (χ0) is 11.6. The number of hydrogen-bond donors (Lipinski definition) is 1. The molecule has 0 amide bonds. The third-order valence-corrected chi connectivity index (χ3v) is 1.94. The first kappa shape index (κ1) is 12.2. The maximum absolute atomic E-state index is 13.0. The number of alkyl halides is 3. The third-order valence-electron chi connectivity index (χ3n) is 1.38. The normalized spacial score (nSPS) is 11.6. The van der Waals surface area contributed by atoms with Crippen molar-refractivity contribution >= 4 is 15.9 Å². The predicted molar refractivity (Wildman–Crippen MR) is 46.5 cm³/mol. The van der Waals surface area contributed by atoms with E-state index in [-0.39, 0.29) is 16.7 Å². The molecule has 0 atom stereocenters. The SMILES string of the molecule is NCc1nc(OC(F)(F)F)c(Br)cc1F. The summed E-state index contributed by atoms with van der Waals surface area (Å²) < 4.78 is 51.8. The van der Waals surface area contributed by atoms with Crippen molar-refractivity contribution in [3.8, 4) is 5.88 Å². The summed E-state index contributed by atoms with van der Waals surface area (Å²) in [6, 6.07) is 0.816. The first-order chi connectivity index (χ1) is 6.83. The Morgan fingerprint density at radius 1 is 1.47 bits per heavy atom. The molecule has 15 heavy (non-hydrogen) atoms. The van der Waals surface area contributed by atoms with Crippen molar-refractivity contribution in [3.63, 3.8) is 0 Å². The van der Waals surface area contributed by atoms with Gasteiger partial charge in [-0.2, -0.15) is 0 Å². The quantitative estimate of drug-likeness (QED) is 0.850. The van der Waals surface area contributed by atoms with Crippen LogP contribution in [-0.2, 0) is 6.54 Å². The lowest BCUT2D eigenvalue weighted by Crippen LogP contribution is -2.19. The minimum Gasteiger partial charge on any atom is -0.387 e. The summed E-state index contributed by atoms with van der Waals surface area (Å²) in [5.41, 5.74) is 4.78. The molecule has 0 fully saturated rings. The molecule has 0 bridgehead atoms. The molecular weight excluding hydrogens is 284 g/mol. The first-order valence-electron chi connectivity index (χ1n) is 3.64. The van der Waals surface area contributed by atoms with Gasteiger partial charge < -0.3 is 10.5 Å². The molecular formula is C7H5BrF4N2O. The molecule has 1 aromatic heterocycles. The van der Waals surface area contributed by atoms with Crippen LogP contribution in [0.3, 0.4) is 0 Å². The van der Waals surface area contributed by atoms with E-state index < -0.39 is 18.1 Å². The van der Waals surface area contributed by atoms with E-state index >= 15 is 0 Å². The maximum Gasteiger partial charge on any atom is 0.574 e. The minimum absolute atomic E-state index is 0.227. The molecule has 0 unspecified atom stereocenters. The van der Waals surface area contributed by atoms with Crippen LogP contribution >= 0.6 is 15.9 Å². The Morgan fingerprint density at radius 3 is 2.53 bits per heavy atom. The Labute approximate surface area is 90.4 Å². The number of nitrogens with zero attached hydrogens (tertiary/aromatic N) is 1. The minimum atomic E-state index is -4.88. The number of aromatic nitrogens is 1. The maximum atomic E-state index is 13.0. The molecule has 0 aliphatic rings. The molecule has 1 heterocycles. The van der Waals surface area contributed by atoms with Crippen molar-refractivity contribution in [2.24, 2.45) is 5.73 Å². The molecule has 8 heteroatoms. The molecule has 3 nitrogen and oxygen atoms in total. The van der Waals surface area contributed by atoms with Crippen molar-refractivity contribution in [1.82, 2.24) is 4.98 Å². The Hall–Kier alpha value is -0.890. The van der Waals surface area contributed by atoms with E-state index in [1.807, 2.05) is 0 Å². The average Bonchev–Trinajstić information content (AvgIpc) is 2.07. The highest BCUT2D eigenvalue weighted by Crippen LogP contribution is 2.29. The van der Waals surface area contributed by atoms with Gasteiger partial charge in [0.05, 0.1) is 10.2 Å². The largest absolute Gasteiger partial charge is 0.574 e. The predicted octanol–water partition coefficient (Wildman–Crippen LogP) is 2.34. The van der Waals surface area contributed by atoms with Gasteiger partial charge in [0.2, 0.25) is 5.88 Å². The van der Waals surface area contributed by atoms with Crippen LogP contribution in [0.15, 0.2) is 10.5 Å². The molecule has 1 aromatic rings. The lowest BCUT2D eigenvalue weighted by Gasteiger charge is -2.10. The number of pyridine rings is 1. The van der Waals surface area contributed by atoms with Crippen LogP contribution in [0.4, 0.5) is 17.6 Å². The zero-order valence-corrected chi connectivity index (χ0v) is 8.69. The summed E-state index contributed by atoms with van der Waals surface area (Å²) in [5, 5.41) is 0. The topological polar surface area (TPSA) is 48.1 Å². The fraction of sp³-hybridized carbons (Fsp3) is 0.286. The molecule has 0 saturated carbocycles. The fourth-order valence-corrected chi connectivity index (χ4v) is 1.18. The van der Waals surface area contributed by atoms with Crippen molar-refractivity contribution < 1.29 is 22.3 Å². The first-order valence-corrected chi connectivity index (χ1v) is 4.43. The summed E-state index contributed by atoms with van der Waals surface area (Å²) in [7, 11) is 0. The van der Waals surface area contributed by atoms with Gasteiger partial charge in [-0.1, -0.05) is 0 Å². The molecule has 0 spiro atoms. The number of rotatable bonds is 2. The van der Waals surface area contributed by atoms with E-state index in [4.69, 9.17) is 5.73 Å². The lowest BCUT2D eigenvalue weighted by molar-refractivity contribution is -0.276. The van der Waals surface area contributed by atoms with E-state index in [1.165, 1.54) is 0 Å². The molecule has 0 aliphatic heterocycles. The van der Waals surface area contributed by atoms with Gasteiger partial charge in [-0.05, 0) is 22.0 Å². The van der Waals surface area contributed by atoms with E-state index in [0.717, 1.165) is 6.07 Å². The Balaban J connectivity index is 3.08. The second kappa shape index (κ2) is 4.31. The van der Waals surface area contributed by atoms with Gasteiger partial charge in [0.25, 0.3) is 0 Å². The molecule has 2 N–H and O–H groups in total. The van der Waals surface area contributed by atoms with Crippen LogP contribution in [0.25, 0.3) is 0 Å². The van der Waals surface area contributed by atoms with Gasteiger partial charge in [-0.25, -0.2) is 9.37 Å². The van der Waals surface area contributed by atoms with Crippen molar-refractivity contribution in [2.75, 3.05) is 0 Å². The zero-order valence-electron chi connectivity index (χ0n) is 7.11. The van der Waals surface area contributed by atoms with E-state index in [9.17, 15) is 17.6 Å². The highest BCUT2D eigenvalue weighted by atomic mass is 79.9. The second-order valence-corrected chi connectivity index (χ2v) is 3.31. The molecule has 0 saturated heterocycles. The van der Waals surface area contributed by atoms with E-state index in [0.29, 0.717) is 0 Å². The van der Waals surface area contributed by atoms with Gasteiger partial charge in [0, 0.05) is 6.54 Å². The fourth-order valence-electron chi connectivity index (χ4n) is 0.810.